The first-order chi connectivity index (χ1) is 14.1. The highest BCUT2D eigenvalue weighted by Crippen LogP contribution is 2.30. The molecule has 1 N–H and O–H groups in total. The van der Waals surface area contributed by atoms with Crippen molar-refractivity contribution in [3.63, 3.8) is 0 Å². The Balaban J connectivity index is 1.74. The monoisotopic (exact) mass is 397 g/mol. The van der Waals surface area contributed by atoms with Crippen molar-refractivity contribution in [2.24, 2.45) is 0 Å². The van der Waals surface area contributed by atoms with Gasteiger partial charge in [-0.05, 0) is 42.5 Å². The minimum atomic E-state index is -0.360. The summed E-state index contributed by atoms with van der Waals surface area (Å²) in [4.78, 5) is 12.5. The number of ether oxygens (including phenoxy) is 4. The number of benzene rings is 2. The maximum atomic E-state index is 12.5. The molecule has 0 aliphatic carbocycles. The van der Waals surface area contributed by atoms with Crippen LogP contribution in [0, 0.1) is 0 Å². The third-order valence-electron chi connectivity index (χ3n) is 4.38. The Hall–Kier alpha value is -3.61. The van der Waals surface area contributed by atoms with Crippen LogP contribution in [0.25, 0.3) is 0 Å². The summed E-state index contributed by atoms with van der Waals surface area (Å²) in [5.74, 6) is 3.03. The van der Waals surface area contributed by atoms with Gasteiger partial charge >= 0.3 is 0 Å². The highest BCUT2D eigenvalue weighted by Gasteiger charge is 2.15. The second kappa shape index (κ2) is 9.05. The maximum Gasteiger partial charge on any atom is 0.291 e. The van der Waals surface area contributed by atoms with Gasteiger partial charge < -0.3 is 28.7 Å². The first-order valence-corrected chi connectivity index (χ1v) is 8.91. The molecule has 7 nitrogen and oxygen atoms in total. The van der Waals surface area contributed by atoms with Crippen LogP contribution in [0.5, 0.6) is 23.0 Å². The molecule has 0 bridgehead atoms. The summed E-state index contributed by atoms with van der Waals surface area (Å²) in [7, 11) is 6.30. The zero-order valence-electron chi connectivity index (χ0n) is 16.8. The van der Waals surface area contributed by atoms with E-state index in [1.165, 1.54) is 7.11 Å². The van der Waals surface area contributed by atoms with E-state index in [0.717, 1.165) is 17.1 Å². The van der Waals surface area contributed by atoms with E-state index in [0.29, 0.717) is 29.4 Å². The quantitative estimate of drug-likeness (QED) is 0.615. The number of carbonyl (C=O) groups is 1. The van der Waals surface area contributed by atoms with Crippen LogP contribution in [0.3, 0.4) is 0 Å². The summed E-state index contributed by atoms with van der Waals surface area (Å²) in [6, 6.07) is 14.1. The fraction of sp³-hybridized carbons (Fsp3) is 0.227. The molecule has 1 aromatic heterocycles. The van der Waals surface area contributed by atoms with E-state index in [-0.39, 0.29) is 11.7 Å². The van der Waals surface area contributed by atoms with Crippen LogP contribution in [0.4, 0.5) is 5.69 Å². The van der Waals surface area contributed by atoms with Gasteiger partial charge in [0.05, 0.1) is 28.4 Å². The summed E-state index contributed by atoms with van der Waals surface area (Å²) in [5, 5.41) is 2.79. The van der Waals surface area contributed by atoms with Crippen LogP contribution in [0.2, 0.25) is 0 Å². The molecular weight excluding hydrogens is 374 g/mol. The molecule has 152 valence electrons. The van der Waals surface area contributed by atoms with Gasteiger partial charge in [0.25, 0.3) is 5.91 Å². The minimum Gasteiger partial charge on any atom is -0.497 e. The number of methoxy groups -OCH3 is 4. The third kappa shape index (κ3) is 4.63. The summed E-state index contributed by atoms with van der Waals surface area (Å²) in [6.45, 7) is 0. The number of amides is 1. The van der Waals surface area contributed by atoms with Gasteiger partial charge in [-0.1, -0.05) is 0 Å². The van der Waals surface area contributed by atoms with Gasteiger partial charge in [0, 0.05) is 23.7 Å². The van der Waals surface area contributed by atoms with Crippen LogP contribution in [0.15, 0.2) is 52.9 Å². The van der Waals surface area contributed by atoms with Crippen molar-refractivity contribution in [1.82, 2.24) is 0 Å². The highest BCUT2D eigenvalue weighted by atomic mass is 16.5. The Bertz CT molecular complexity index is 995. The molecule has 0 aliphatic heterocycles. The van der Waals surface area contributed by atoms with Crippen LogP contribution >= 0.6 is 0 Å². The average molecular weight is 397 g/mol. The predicted molar refractivity (Wildman–Crippen MR) is 109 cm³/mol. The lowest BCUT2D eigenvalue weighted by Crippen LogP contribution is -2.11. The molecule has 7 heteroatoms. The van der Waals surface area contributed by atoms with Gasteiger partial charge in [-0.2, -0.15) is 0 Å². The van der Waals surface area contributed by atoms with E-state index in [9.17, 15) is 4.79 Å². The second-order valence-electron chi connectivity index (χ2n) is 6.14. The normalized spacial score (nSPS) is 10.3. The topological polar surface area (TPSA) is 79.2 Å². The molecule has 0 unspecified atom stereocenters. The standard InChI is InChI=1S/C22H23NO6/c1-25-16-6-9-18(26-2)14(11-16)12-17-7-10-20(29-17)22(24)23-15-5-8-19(27-3)21(13-15)28-4/h5-11,13H,12H2,1-4H3,(H,23,24). The SMILES string of the molecule is COc1ccc(OC)c(Cc2ccc(C(=O)Nc3ccc(OC)c(OC)c3)o2)c1. The first-order valence-electron chi connectivity index (χ1n) is 8.91. The molecular formula is C22H23NO6. The molecule has 1 heterocycles. The van der Waals surface area contributed by atoms with E-state index in [1.807, 2.05) is 18.2 Å². The molecule has 0 radical (unpaired) electrons. The van der Waals surface area contributed by atoms with Crippen molar-refractivity contribution in [3.8, 4) is 23.0 Å². The molecule has 3 rings (SSSR count). The lowest BCUT2D eigenvalue weighted by Gasteiger charge is -2.10. The first kappa shape index (κ1) is 20.1. The van der Waals surface area contributed by atoms with Gasteiger partial charge in [-0.3, -0.25) is 4.79 Å². The molecule has 0 spiro atoms. The van der Waals surface area contributed by atoms with Crippen molar-refractivity contribution in [1.29, 1.82) is 0 Å². The Kier molecular flexibility index (Phi) is 6.29. The molecule has 3 aromatic rings. The van der Waals surface area contributed by atoms with Crippen LogP contribution < -0.4 is 24.3 Å². The maximum absolute atomic E-state index is 12.5. The summed E-state index contributed by atoms with van der Waals surface area (Å²) >= 11 is 0. The van der Waals surface area contributed by atoms with Gasteiger partial charge in [0.15, 0.2) is 17.3 Å². The molecule has 2 aromatic carbocycles. The zero-order chi connectivity index (χ0) is 20.8. The molecule has 0 aliphatic rings. The summed E-state index contributed by atoms with van der Waals surface area (Å²) in [6.07, 6.45) is 0.462. The number of furan rings is 1. The highest BCUT2D eigenvalue weighted by molar-refractivity contribution is 6.02. The largest absolute Gasteiger partial charge is 0.497 e. The average Bonchev–Trinajstić information content (AvgIpc) is 3.22. The Morgan fingerprint density at radius 3 is 2.24 bits per heavy atom. The predicted octanol–water partition coefficient (Wildman–Crippen LogP) is 4.16. The Labute approximate surface area is 169 Å². The summed E-state index contributed by atoms with van der Waals surface area (Å²) in [5.41, 5.74) is 1.47. The van der Waals surface area contributed by atoms with Crippen molar-refractivity contribution in [3.05, 3.63) is 65.6 Å². The van der Waals surface area contributed by atoms with Crippen molar-refractivity contribution >= 4 is 11.6 Å². The van der Waals surface area contributed by atoms with E-state index in [1.54, 1.807) is 51.7 Å². The van der Waals surface area contributed by atoms with Gasteiger partial charge in [0.1, 0.15) is 17.3 Å². The second-order valence-corrected chi connectivity index (χ2v) is 6.14. The molecule has 0 saturated heterocycles. The van der Waals surface area contributed by atoms with E-state index < -0.39 is 0 Å². The molecule has 0 fully saturated rings. The van der Waals surface area contributed by atoms with Crippen molar-refractivity contribution in [2.75, 3.05) is 33.8 Å². The number of nitrogens with one attached hydrogen (secondary N) is 1. The number of carbonyl (C=O) groups excluding carboxylic acids is 1. The fourth-order valence-corrected chi connectivity index (χ4v) is 2.91. The number of hydrogen-bond acceptors (Lipinski definition) is 6. The minimum absolute atomic E-state index is 0.205. The molecule has 0 saturated carbocycles. The van der Waals surface area contributed by atoms with Gasteiger partial charge in [0.2, 0.25) is 0 Å². The molecule has 29 heavy (non-hydrogen) atoms. The Morgan fingerprint density at radius 1 is 0.828 bits per heavy atom. The number of hydrogen-bond donors (Lipinski definition) is 1. The van der Waals surface area contributed by atoms with Gasteiger partial charge in [-0.15, -0.1) is 0 Å². The van der Waals surface area contributed by atoms with E-state index >= 15 is 0 Å². The van der Waals surface area contributed by atoms with Crippen molar-refractivity contribution in [2.45, 2.75) is 6.42 Å². The molecule has 0 atom stereocenters. The van der Waals surface area contributed by atoms with Crippen molar-refractivity contribution < 1.29 is 28.2 Å². The summed E-state index contributed by atoms with van der Waals surface area (Å²) < 4.78 is 26.8. The lowest BCUT2D eigenvalue weighted by atomic mass is 10.1. The van der Waals surface area contributed by atoms with Crippen LogP contribution in [-0.2, 0) is 6.42 Å². The number of anilines is 1. The van der Waals surface area contributed by atoms with Crippen LogP contribution in [0.1, 0.15) is 21.9 Å². The van der Waals surface area contributed by atoms with Crippen LogP contribution in [-0.4, -0.2) is 34.3 Å². The fourth-order valence-electron chi connectivity index (χ4n) is 2.91. The third-order valence-corrected chi connectivity index (χ3v) is 4.38. The van der Waals surface area contributed by atoms with E-state index in [2.05, 4.69) is 5.32 Å². The lowest BCUT2D eigenvalue weighted by molar-refractivity contribution is 0.0995. The number of rotatable bonds is 8. The van der Waals surface area contributed by atoms with Gasteiger partial charge in [-0.25, -0.2) is 0 Å². The molecule has 1 amide bonds. The smallest absolute Gasteiger partial charge is 0.291 e. The Morgan fingerprint density at radius 2 is 1.55 bits per heavy atom. The van der Waals surface area contributed by atoms with E-state index in [4.69, 9.17) is 23.4 Å². The zero-order valence-corrected chi connectivity index (χ0v) is 16.8.